The highest BCUT2D eigenvalue weighted by molar-refractivity contribution is 7.17. The number of esters is 1. The fraction of sp³-hybridized carbons (Fsp3) is 0.310. The van der Waals surface area contributed by atoms with Crippen molar-refractivity contribution in [2.45, 2.75) is 46.1 Å². The van der Waals surface area contributed by atoms with Gasteiger partial charge >= 0.3 is 17.8 Å². The van der Waals surface area contributed by atoms with Crippen LogP contribution in [-0.2, 0) is 33.8 Å². The Morgan fingerprint density at radius 3 is 2.60 bits per heavy atom. The van der Waals surface area contributed by atoms with E-state index < -0.39 is 17.8 Å². The monoisotopic (exact) mass is 583 g/mol. The molecule has 40 heavy (non-hydrogen) atoms. The van der Waals surface area contributed by atoms with Crippen LogP contribution in [0.2, 0.25) is 5.02 Å². The number of anilines is 1. The molecular formula is C29H30ClN3O6S. The minimum atomic E-state index is -0.969. The number of benzene rings is 2. The van der Waals surface area contributed by atoms with Gasteiger partial charge in [-0.25, -0.2) is 10.2 Å². The summed E-state index contributed by atoms with van der Waals surface area (Å²) in [7, 11) is 0. The maximum atomic E-state index is 12.6. The van der Waals surface area contributed by atoms with Gasteiger partial charge in [0.1, 0.15) is 11.6 Å². The minimum absolute atomic E-state index is 0.214. The van der Waals surface area contributed by atoms with Crippen LogP contribution in [0, 0.1) is 0 Å². The van der Waals surface area contributed by atoms with Crippen LogP contribution >= 0.6 is 22.9 Å². The SMILES string of the molecule is CCOC(=O)c1c(NC(=O)C(=O)N/N=C/c2ccc(OCc3cccc(Cl)c3)c(OCC)c2)sc2c1CCCC2. The van der Waals surface area contributed by atoms with E-state index in [1.54, 1.807) is 31.2 Å². The van der Waals surface area contributed by atoms with Crippen molar-refractivity contribution in [2.75, 3.05) is 18.5 Å². The van der Waals surface area contributed by atoms with Gasteiger partial charge < -0.3 is 19.5 Å². The lowest BCUT2D eigenvalue weighted by atomic mass is 9.95. The molecule has 210 valence electrons. The fourth-order valence-corrected chi connectivity index (χ4v) is 5.71. The summed E-state index contributed by atoms with van der Waals surface area (Å²) < 4.78 is 16.8. The lowest BCUT2D eigenvalue weighted by molar-refractivity contribution is -0.136. The number of carbonyl (C=O) groups is 3. The van der Waals surface area contributed by atoms with Crippen molar-refractivity contribution < 1.29 is 28.6 Å². The number of carbonyl (C=O) groups excluding carboxylic acids is 3. The number of hydrogen-bond acceptors (Lipinski definition) is 8. The number of fused-ring (bicyclic) bond motifs is 1. The summed E-state index contributed by atoms with van der Waals surface area (Å²) in [5.74, 6) is -1.35. The summed E-state index contributed by atoms with van der Waals surface area (Å²) in [5, 5.41) is 7.42. The molecule has 0 saturated heterocycles. The Hall–Kier alpha value is -3.89. The second kappa shape index (κ2) is 14.0. The zero-order valence-corrected chi connectivity index (χ0v) is 23.8. The van der Waals surface area contributed by atoms with E-state index in [1.807, 2.05) is 25.1 Å². The van der Waals surface area contributed by atoms with E-state index in [0.29, 0.717) is 45.9 Å². The van der Waals surface area contributed by atoms with Gasteiger partial charge in [-0.2, -0.15) is 5.10 Å². The van der Waals surface area contributed by atoms with Crippen LogP contribution in [0.25, 0.3) is 0 Å². The lowest BCUT2D eigenvalue weighted by Gasteiger charge is -2.13. The van der Waals surface area contributed by atoms with Gasteiger partial charge in [-0.15, -0.1) is 11.3 Å². The van der Waals surface area contributed by atoms with Crippen LogP contribution in [0.4, 0.5) is 5.00 Å². The molecule has 2 N–H and O–H groups in total. The van der Waals surface area contributed by atoms with Crippen molar-refractivity contribution in [3.8, 4) is 11.5 Å². The van der Waals surface area contributed by atoms with Crippen LogP contribution in [0.1, 0.15) is 58.6 Å². The molecule has 4 rings (SSSR count). The number of ether oxygens (including phenoxy) is 3. The van der Waals surface area contributed by atoms with Crippen LogP contribution in [0.15, 0.2) is 47.6 Å². The van der Waals surface area contributed by atoms with Crippen molar-refractivity contribution in [3.63, 3.8) is 0 Å². The largest absolute Gasteiger partial charge is 0.490 e. The van der Waals surface area contributed by atoms with Crippen LogP contribution in [0.5, 0.6) is 11.5 Å². The van der Waals surface area contributed by atoms with Gasteiger partial charge in [-0.05, 0) is 86.6 Å². The second-order valence-corrected chi connectivity index (χ2v) is 10.4. The molecule has 1 aliphatic rings. The highest BCUT2D eigenvalue weighted by Gasteiger charge is 2.28. The molecule has 0 spiro atoms. The van der Waals surface area contributed by atoms with Gasteiger partial charge in [-0.1, -0.05) is 23.7 Å². The average molecular weight is 584 g/mol. The zero-order valence-electron chi connectivity index (χ0n) is 22.3. The van der Waals surface area contributed by atoms with E-state index >= 15 is 0 Å². The number of hydrazone groups is 1. The fourth-order valence-electron chi connectivity index (χ4n) is 4.23. The summed E-state index contributed by atoms with van der Waals surface area (Å²) in [6.07, 6.45) is 4.92. The molecule has 0 bridgehead atoms. The topological polar surface area (TPSA) is 115 Å². The van der Waals surface area contributed by atoms with E-state index in [4.69, 9.17) is 25.8 Å². The van der Waals surface area contributed by atoms with E-state index in [9.17, 15) is 14.4 Å². The predicted molar refractivity (Wildman–Crippen MR) is 155 cm³/mol. The number of halogens is 1. The lowest BCUT2D eigenvalue weighted by Crippen LogP contribution is -2.32. The Labute approximate surface area is 241 Å². The van der Waals surface area contributed by atoms with Crippen molar-refractivity contribution in [3.05, 3.63) is 74.6 Å². The highest BCUT2D eigenvalue weighted by Crippen LogP contribution is 2.38. The van der Waals surface area contributed by atoms with E-state index in [-0.39, 0.29) is 6.61 Å². The third-order valence-electron chi connectivity index (χ3n) is 6.01. The third kappa shape index (κ3) is 7.40. The Balaban J connectivity index is 1.39. The van der Waals surface area contributed by atoms with Crippen molar-refractivity contribution in [2.24, 2.45) is 5.10 Å². The summed E-state index contributed by atoms with van der Waals surface area (Å²) in [6, 6.07) is 12.6. The molecule has 9 nitrogen and oxygen atoms in total. The highest BCUT2D eigenvalue weighted by atomic mass is 35.5. The molecule has 1 aliphatic carbocycles. The molecule has 0 atom stereocenters. The number of aryl methyl sites for hydroxylation is 1. The Bertz CT molecular complexity index is 1420. The first-order valence-corrected chi connectivity index (χ1v) is 14.2. The molecular weight excluding hydrogens is 554 g/mol. The van der Waals surface area contributed by atoms with E-state index in [0.717, 1.165) is 41.7 Å². The first kappa shape index (κ1) is 29.1. The number of amides is 2. The molecule has 11 heteroatoms. The summed E-state index contributed by atoms with van der Waals surface area (Å²) in [4.78, 5) is 38.7. The number of thiophene rings is 1. The third-order valence-corrected chi connectivity index (χ3v) is 7.46. The van der Waals surface area contributed by atoms with E-state index in [1.165, 1.54) is 17.6 Å². The summed E-state index contributed by atoms with van der Waals surface area (Å²) in [6.45, 7) is 4.53. The van der Waals surface area contributed by atoms with Gasteiger partial charge in [-0.3, -0.25) is 9.59 Å². The van der Waals surface area contributed by atoms with Crippen molar-refractivity contribution in [1.29, 1.82) is 0 Å². The summed E-state index contributed by atoms with van der Waals surface area (Å²) >= 11 is 7.35. The average Bonchev–Trinajstić information content (AvgIpc) is 3.30. The molecule has 0 unspecified atom stereocenters. The molecule has 3 aromatic rings. The van der Waals surface area contributed by atoms with Crippen LogP contribution < -0.4 is 20.2 Å². The normalized spacial score (nSPS) is 12.5. The maximum Gasteiger partial charge on any atom is 0.341 e. The Kier molecular flexibility index (Phi) is 10.2. The smallest absolute Gasteiger partial charge is 0.341 e. The van der Waals surface area contributed by atoms with Gasteiger partial charge in [0, 0.05) is 9.90 Å². The standard InChI is InChI=1S/C29H30ClN3O6S/c1-3-37-23-15-18(12-13-22(23)39-17-19-8-7-9-20(30)14-19)16-31-33-27(35)26(34)32-28-25(29(36)38-4-2)21-10-5-6-11-24(21)40-28/h7-9,12-16H,3-6,10-11,17H2,1-2H3,(H,32,34)(H,33,35)/b31-16+. The number of nitrogens with one attached hydrogen (secondary N) is 2. The molecule has 2 aromatic carbocycles. The first-order chi connectivity index (χ1) is 19.4. The molecule has 2 amide bonds. The van der Waals surface area contributed by atoms with Gasteiger partial charge in [0.25, 0.3) is 0 Å². The minimum Gasteiger partial charge on any atom is -0.490 e. The van der Waals surface area contributed by atoms with Crippen molar-refractivity contribution >= 4 is 51.9 Å². The predicted octanol–water partition coefficient (Wildman–Crippen LogP) is 5.52. The van der Waals surface area contributed by atoms with Crippen LogP contribution in [0.3, 0.4) is 0 Å². The first-order valence-electron chi connectivity index (χ1n) is 13.0. The van der Waals surface area contributed by atoms with Crippen molar-refractivity contribution in [1.82, 2.24) is 5.43 Å². The number of nitrogens with zero attached hydrogens (tertiary/aromatic N) is 1. The van der Waals surface area contributed by atoms with E-state index in [2.05, 4.69) is 15.8 Å². The molecule has 0 saturated carbocycles. The van der Waals surface area contributed by atoms with Gasteiger partial charge in [0.05, 0.1) is 25.0 Å². The summed E-state index contributed by atoms with van der Waals surface area (Å²) in [5.41, 5.74) is 5.00. The van der Waals surface area contributed by atoms with Gasteiger partial charge in [0.15, 0.2) is 11.5 Å². The second-order valence-electron chi connectivity index (χ2n) is 8.85. The Morgan fingerprint density at radius 1 is 1.00 bits per heavy atom. The molecule has 0 aliphatic heterocycles. The Morgan fingerprint density at radius 2 is 1.82 bits per heavy atom. The van der Waals surface area contributed by atoms with Crippen LogP contribution in [-0.4, -0.2) is 37.2 Å². The molecule has 0 fully saturated rings. The quantitative estimate of drug-likeness (QED) is 0.140. The zero-order chi connectivity index (χ0) is 28.5. The molecule has 1 heterocycles. The number of rotatable bonds is 10. The van der Waals surface area contributed by atoms with Gasteiger partial charge in [0.2, 0.25) is 0 Å². The maximum absolute atomic E-state index is 12.6. The number of hydrogen-bond donors (Lipinski definition) is 2. The molecule has 1 aromatic heterocycles. The molecule has 0 radical (unpaired) electrons.